The van der Waals surface area contributed by atoms with Crippen LogP contribution in [0.15, 0.2) is 30.5 Å². The first-order valence-electron chi connectivity index (χ1n) is 6.79. The summed E-state index contributed by atoms with van der Waals surface area (Å²) >= 11 is 0. The largest absolute Gasteiger partial charge is 0.364 e. The van der Waals surface area contributed by atoms with Gasteiger partial charge >= 0.3 is 0 Å². The lowest BCUT2D eigenvalue weighted by Gasteiger charge is -2.08. The maximum atomic E-state index is 11.1. The third-order valence-electron chi connectivity index (χ3n) is 3.44. The summed E-state index contributed by atoms with van der Waals surface area (Å²) in [7, 11) is 0. The van der Waals surface area contributed by atoms with Crippen LogP contribution in [-0.4, -0.2) is 21.7 Å². The number of carbonyl (C=O) groups is 1. The fourth-order valence-electron chi connectivity index (χ4n) is 2.12. The average Bonchev–Trinajstić information content (AvgIpc) is 3.19. The van der Waals surface area contributed by atoms with E-state index in [0.717, 1.165) is 12.1 Å². The van der Waals surface area contributed by atoms with Crippen LogP contribution in [0, 0.1) is 11.3 Å². The Hall–Kier alpha value is -2.65. The molecule has 1 aliphatic carbocycles. The lowest BCUT2D eigenvalue weighted by Crippen LogP contribution is -2.15. The summed E-state index contributed by atoms with van der Waals surface area (Å²) in [6.07, 6.45) is 4.08. The van der Waals surface area contributed by atoms with Crippen molar-refractivity contribution in [3.63, 3.8) is 0 Å². The molecule has 3 rings (SSSR count). The minimum Gasteiger partial charge on any atom is -0.364 e. The second-order valence-corrected chi connectivity index (χ2v) is 5.13. The molecule has 0 atom stereocenters. The van der Waals surface area contributed by atoms with Crippen molar-refractivity contribution < 1.29 is 4.79 Å². The summed E-state index contributed by atoms with van der Waals surface area (Å²) < 4.78 is 1.50. The third kappa shape index (κ3) is 2.93. The minimum atomic E-state index is -0.586. The van der Waals surface area contributed by atoms with Gasteiger partial charge in [-0.1, -0.05) is 6.07 Å². The van der Waals surface area contributed by atoms with Gasteiger partial charge in [-0.3, -0.25) is 4.79 Å². The zero-order valence-corrected chi connectivity index (χ0v) is 11.4. The number of nitrogens with one attached hydrogen (secondary N) is 1. The number of hydrogen-bond donors (Lipinski definition) is 2. The van der Waals surface area contributed by atoms with E-state index < -0.39 is 5.91 Å². The standard InChI is InChI=1S/C15H15N5O/c16-8-11-7-10(9-18-12-2-3-12)1-4-14(11)20-6-5-13(19-20)15(17)21/h1,4-7,12,18H,2-3,9H2,(H2,17,21). The molecule has 106 valence electrons. The first-order valence-corrected chi connectivity index (χ1v) is 6.79. The summed E-state index contributed by atoms with van der Waals surface area (Å²) in [6, 6.07) is 9.96. The monoisotopic (exact) mass is 281 g/mol. The Bertz CT molecular complexity index is 724. The molecule has 1 aliphatic rings. The number of hydrogen-bond acceptors (Lipinski definition) is 4. The molecule has 6 nitrogen and oxygen atoms in total. The Morgan fingerprint density at radius 1 is 1.48 bits per heavy atom. The van der Waals surface area contributed by atoms with Crippen molar-refractivity contribution in [1.29, 1.82) is 5.26 Å². The van der Waals surface area contributed by atoms with Gasteiger partial charge in [-0.2, -0.15) is 10.4 Å². The summed E-state index contributed by atoms with van der Waals surface area (Å²) in [4.78, 5) is 11.1. The lowest BCUT2D eigenvalue weighted by atomic mass is 10.1. The van der Waals surface area contributed by atoms with E-state index in [1.165, 1.54) is 23.6 Å². The lowest BCUT2D eigenvalue weighted by molar-refractivity contribution is 0.0995. The molecule has 1 amide bonds. The van der Waals surface area contributed by atoms with E-state index in [1.54, 1.807) is 6.20 Å². The number of amides is 1. The first kappa shape index (κ1) is 13.3. The average molecular weight is 281 g/mol. The smallest absolute Gasteiger partial charge is 0.269 e. The third-order valence-corrected chi connectivity index (χ3v) is 3.44. The molecule has 2 aromatic rings. The Balaban J connectivity index is 1.86. The van der Waals surface area contributed by atoms with Crippen molar-refractivity contribution in [2.24, 2.45) is 5.73 Å². The number of nitrogens with two attached hydrogens (primary N) is 1. The van der Waals surface area contributed by atoms with Gasteiger partial charge in [0.1, 0.15) is 11.8 Å². The van der Waals surface area contributed by atoms with Crippen LogP contribution in [0.3, 0.4) is 0 Å². The number of aromatic nitrogens is 2. The van der Waals surface area contributed by atoms with Gasteiger partial charge in [0.25, 0.3) is 5.91 Å². The second-order valence-electron chi connectivity index (χ2n) is 5.13. The van der Waals surface area contributed by atoms with Crippen molar-refractivity contribution in [1.82, 2.24) is 15.1 Å². The fourth-order valence-corrected chi connectivity index (χ4v) is 2.12. The van der Waals surface area contributed by atoms with E-state index >= 15 is 0 Å². The predicted octanol–water partition coefficient (Wildman–Crippen LogP) is 1.09. The molecule has 1 saturated carbocycles. The summed E-state index contributed by atoms with van der Waals surface area (Å²) in [5.41, 5.74) is 7.58. The molecule has 1 fully saturated rings. The topological polar surface area (TPSA) is 96.7 Å². The summed E-state index contributed by atoms with van der Waals surface area (Å²) in [6.45, 7) is 0.755. The van der Waals surface area contributed by atoms with Crippen molar-refractivity contribution >= 4 is 5.91 Å². The second kappa shape index (κ2) is 5.38. The highest BCUT2D eigenvalue weighted by Crippen LogP contribution is 2.20. The Morgan fingerprint density at radius 3 is 2.90 bits per heavy atom. The van der Waals surface area contributed by atoms with Crippen LogP contribution in [0.5, 0.6) is 0 Å². The molecule has 3 N–H and O–H groups in total. The van der Waals surface area contributed by atoms with E-state index in [-0.39, 0.29) is 5.69 Å². The van der Waals surface area contributed by atoms with Crippen molar-refractivity contribution in [2.45, 2.75) is 25.4 Å². The highest BCUT2D eigenvalue weighted by Gasteiger charge is 2.20. The van der Waals surface area contributed by atoms with Crippen LogP contribution >= 0.6 is 0 Å². The van der Waals surface area contributed by atoms with Crippen LogP contribution in [0.4, 0.5) is 0 Å². The molecule has 0 bridgehead atoms. The van der Waals surface area contributed by atoms with Gasteiger partial charge in [0.2, 0.25) is 0 Å². The number of nitriles is 1. The van der Waals surface area contributed by atoms with Gasteiger partial charge in [0.05, 0.1) is 11.3 Å². The van der Waals surface area contributed by atoms with E-state index in [1.807, 2.05) is 18.2 Å². The maximum absolute atomic E-state index is 11.1. The first-order chi connectivity index (χ1) is 10.2. The van der Waals surface area contributed by atoms with Crippen LogP contribution < -0.4 is 11.1 Å². The normalized spacial score (nSPS) is 13.9. The molecule has 21 heavy (non-hydrogen) atoms. The van der Waals surface area contributed by atoms with Crippen LogP contribution in [-0.2, 0) is 6.54 Å². The van der Waals surface area contributed by atoms with Crippen molar-refractivity contribution in [3.05, 3.63) is 47.3 Å². The van der Waals surface area contributed by atoms with E-state index in [0.29, 0.717) is 17.3 Å². The molecule has 0 saturated heterocycles. The van der Waals surface area contributed by atoms with Crippen molar-refractivity contribution in [2.75, 3.05) is 0 Å². The molecule has 6 heteroatoms. The molecule has 0 spiro atoms. The Labute approximate surface area is 122 Å². The predicted molar refractivity (Wildman–Crippen MR) is 76.7 cm³/mol. The highest BCUT2D eigenvalue weighted by atomic mass is 16.1. The summed E-state index contributed by atoms with van der Waals surface area (Å²) in [5, 5.41) is 16.8. The zero-order valence-electron chi connectivity index (χ0n) is 11.4. The van der Waals surface area contributed by atoms with Gasteiger partial charge in [-0.25, -0.2) is 4.68 Å². The number of carbonyl (C=O) groups excluding carboxylic acids is 1. The number of primary amides is 1. The van der Waals surface area contributed by atoms with Crippen LogP contribution in [0.1, 0.15) is 34.5 Å². The van der Waals surface area contributed by atoms with Gasteiger partial charge < -0.3 is 11.1 Å². The summed E-state index contributed by atoms with van der Waals surface area (Å²) in [5.74, 6) is -0.586. The number of nitrogens with zero attached hydrogens (tertiary/aromatic N) is 3. The number of benzene rings is 1. The molecule has 0 aliphatic heterocycles. The van der Waals surface area contributed by atoms with Gasteiger partial charge in [-0.05, 0) is 36.6 Å². The molecule has 1 aromatic heterocycles. The van der Waals surface area contributed by atoms with E-state index in [2.05, 4.69) is 16.5 Å². The SMILES string of the molecule is N#Cc1cc(CNC2CC2)ccc1-n1ccc(C(N)=O)n1. The van der Waals surface area contributed by atoms with Crippen LogP contribution in [0.2, 0.25) is 0 Å². The minimum absolute atomic E-state index is 0.179. The van der Waals surface area contributed by atoms with E-state index in [4.69, 9.17) is 5.73 Å². The van der Waals surface area contributed by atoms with Gasteiger partial charge in [0, 0.05) is 18.8 Å². The van der Waals surface area contributed by atoms with Gasteiger partial charge in [0.15, 0.2) is 0 Å². The van der Waals surface area contributed by atoms with E-state index in [9.17, 15) is 10.1 Å². The molecule has 1 aromatic carbocycles. The van der Waals surface area contributed by atoms with Gasteiger partial charge in [-0.15, -0.1) is 0 Å². The molecule has 1 heterocycles. The zero-order chi connectivity index (χ0) is 14.8. The molecule has 0 unspecified atom stereocenters. The molecular weight excluding hydrogens is 266 g/mol. The fraction of sp³-hybridized carbons (Fsp3) is 0.267. The molecule has 0 radical (unpaired) electrons. The quantitative estimate of drug-likeness (QED) is 0.857. The van der Waals surface area contributed by atoms with Crippen LogP contribution in [0.25, 0.3) is 5.69 Å². The number of rotatable bonds is 5. The highest BCUT2D eigenvalue weighted by molar-refractivity contribution is 5.90. The van der Waals surface area contributed by atoms with Crippen molar-refractivity contribution in [3.8, 4) is 11.8 Å². The maximum Gasteiger partial charge on any atom is 0.269 e. The Kier molecular flexibility index (Phi) is 3.42. The Morgan fingerprint density at radius 2 is 2.29 bits per heavy atom. The molecular formula is C15H15N5O.